The van der Waals surface area contributed by atoms with Crippen molar-refractivity contribution in [2.75, 3.05) is 5.32 Å². The first-order valence-electron chi connectivity index (χ1n) is 10.4. The largest absolute Gasteiger partial charge is 0.324 e. The SMILES string of the molecule is CC[C@H](C(=O)Nc1ccc(F)cc1)n1nc(C)c2c(C)n(-c3ccc(C)cc3)nc2c1=O. The summed E-state index contributed by atoms with van der Waals surface area (Å²) >= 11 is 0. The number of anilines is 1. The molecule has 4 aromatic rings. The number of rotatable bonds is 5. The highest BCUT2D eigenvalue weighted by Crippen LogP contribution is 2.23. The van der Waals surface area contributed by atoms with E-state index in [0.717, 1.165) is 16.9 Å². The smallest absolute Gasteiger partial charge is 0.295 e. The molecule has 2 aromatic carbocycles. The Bertz CT molecular complexity index is 1350. The van der Waals surface area contributed by atoms with Gasteiger partial charge in [-0.3, -0.25) is 9.59 Å². The van der Waals surface area contributed by atoms with Crippen LogP contribution < -0.4 is 10.9 Å². The van der Waals surface area contributed by atoms with Crippen molar-refractivity contribution in [3.8, 4) is 5.69 Å². The fraction of sp³-hybridized carbons (Fsp3) is 0.250. The summed E-state index contributed by atoms with van der Waals surface area (Å²) in [6, 6.07) is 12.5. The molecule has 0 aliphatic carbocycles. The van der Waals surface area contributed by atoms with Crippen molar-refractivity contribution in [2.45, 2.75) is 40.2 Å². The maximum atomic E-state index is 13.3. The van der Waals surface area contributed by atoms with E-state index in [2.05, 4.69) is 15.5 Å². The number of carbonyl (C=O) groups excluding carboxylic acids is 1. The molecule has 164 valence electrons. The third-order valence-corrected chi connectivity index (χ3v) is 5.52. The van der Waals surface area contributed by atoms with E-state index in [9.17, 15) is 14.0 Å². The van der Waals surface area contributed by atoms with Gasteiger partial charge < -0.3 is 5.32 Å². The lowest BCUT2D eigenvalue weighted by atomic mass is 10.1. The van der Waals surface area contributed by atoms with E-state index in [4.69, 9.17) is 0 Å². The van der Waals surface area contributed by atoms with E-state index in [-0.39, 0.29) is 5.52 Å². The van der Waals surface area contributed by atoms with Gasteiger partial charge in [-0.2, -0.15) is 10.2 Å². The Morgan fingerprint density at radius 2 is 1.69 bits per heavy atom. The van der Waals surface area contributed by atoms with Crippen LogP contribution >= 0.6 is 0 Å². The van der Waals surface area contributed by atoms with Crippen molar-refractivity contribution in [2.24, 2.45) is 0 Å². The van der Waals surface area contributed by atoms with Crippen LogP contribution in [-0.2, 0) is 4.79 Å². The molecule has 32 heavy (non-hydrogen) atoms. The normalized spacial score (nSPS) is 12.2. The molecule has 0 aliphatic heterocycles. The summed E-state index contributed by atoms with van der Waals surface area (Å²) in [6.45, 7) is 7.51. The molecular weight excluding hydrogens is 409 g/mol. The number of hydrogen-bond acceptors (Lipinski definition) is 4. The topological polar surface area (TPSA) is 81.8 Å². The van der Waals surface area contributed by atoms with Crippen LogP contribution in [0.2, 0.25) is 0 Å². The van der Waals surface area contributed by atoms with E-state index in [1.165, 1.54) is 28.9 Å². The molecule has 1 N–H and O–H groups in total. The zero-order valence-electron chi connectivity index (χ0n) is 18.4. The van der Waals surface area contributed by atoms with E-state index in [0.29, 0.717) is 23.2 Å². The Kier molecular flexibility index (Phi) is 5.61. The van der Waals surface area contributed by atoms with E-state index >= 15 is 0 Å². The standard InChI is InChI=1S/C24H24FN5O2/c1-5-20(23(31)26-18-10-8-17(25)9-11-18)30-24(32)22-21(15(3)27-30)16(4)29(28-22)19-12-6-14(2)7-13-19/h6-13,20H,5H2,1-4H3,(H,26,31)/t20-/m1/s1. The van der Waals surface area contributed by atoms with Gasteiger partial charge in [0.15, 0.2) is 5.52 Å². The number of nitrogens with zero attached hydrogens (tertiary/aromatic N) is 4. The van der Waals surface area contributed by atoms with Crippen LogP contribution in [0, 0.1) is 26.6 Å². The Balaban J connectivity index is 1.77. The molecule has 0 fully saturated rings. The first-order chi connectivity index (χ1) is 15.3. The number of amides is 1. The highest BCUT2D eigenvalue weighted by Gasteiger charge is 2.25. The van der Waals surface area contributed by atoms with Gasteiger partial charge in [0.25, 0.3) is 5.56 Å². The second-order valence-corrected chi connectivity index (χ2v) is 7.81. The zero-order valence-corrected chi connectivity index (χ0v) is 18.4. The molecule has 0 radical (unpaired) electrons. The average Bonchev–Trinajstić information content (AvgIpc) is 3.12. The minimum atomic E-state index is -0.833. The quantitative estimate of drug-likeness (QED) is 0.511. The fourth-order valence-electron chi connectivity index (χ4n) is 3.83. The van der Waals surface area contributed by atoms with Crippen LogP contribution in [0.5, 0.6) is 0 Å². The maximum absolute atomic E-state index is 13.3. The van der Waals surface area contributed by atoms with Crippen molar-refractivity contribution in [3.05, 3.63) is 81.7 Å². The second-order valence-electron chi connectivity index (χ2n) is 7.81. The molecular formula is C24H24FN5O2. The van der Waals surface area contributed by atoms with E-state index in [1.807, 2.05) is 38.1 Å². The molecule has 0 aliphatic rings. The minimum Gasteiger partial charge on any atom is -0.324 e. The van der Waals surface area contributed by atoms with Crippen molar-refractivity contribution in [1.29, 1.82) is 0 Å². The predicted octanol–water partition coefficient (Wildman–Crippen LogP) is 4.24. The Morgan fingerprint density at radius 3 is 2.31 bits per heavy atom. The summed E-state index contributed by atoms with van der Waals surface area (Å²) in [4.78, 5) is 26.3. The summed E-state index contributed by atoms with van der Waals surface area (Å²) in [7, 11) is 0. The van der Waals surface area contributed by atoms with Gasteiger partial charge in [-0.1, -0.05) is 24.6 Å². The number of fused-ring (bicyclic) bond motifs is 1. The first kappa shape index (κ1) is 21.4. The molecule has 0 saturated heterocycles. The summed E-state index contributed by atoms with van der Waals surface area (Å²) in [6.07, 6.45) is 0.350. The number of benzene rings is 2. The number of hydrogen-bond donors (Lipinski definition) is 1. The van der Waals surface area contributed by atoms with Gasteiger partial charge in [-0.25, -0.2) is 13.8 Å². The lowest BCUT2D eigenvalue weighted by molar-refractivity contribution is -0.119. The third kappa shape index (κ3) is 3.79. The molecule has 0 unspecified atom stereocenters. The van der Waals surface area contributed by atoms with Gasteiger partial charge in [0.2, 0.25) is 5.91 Å². The highest BCUT2D eigenvalue weighted by molar-refractivity contribution is 5.94. The van der Waals surface area contributed by atoms with Gasteiger partial charge in [-0.05, 0) is 63.6 Å². The number of aromatic nitrogens is 4. The number of carbonyl (C=O) groups is 1. The van der Waals surface area contributed by atoms with Crippen molar-refractivity contribution in [3.63, 3.8) is 0 Å². The van der Waals surface area contributed by atoms with Crippen molar-refractivity contribution < 1.29 is 9.18 Å². The number of nitrogens with one attached hydrogen (secondary N) is 1. The van der Waals surface area contributed by atoms with Crippen LogP contribution in [0.25, 0.3) is 16.6 Å². The average molecular weight is 433 g/mol. The summed E-state index contributed by atoms with van der Waals surface area (Å²) in [5.74, 6) is -0.796. The van der Waals surface area contributed by atoms with Crippen LogP contribution in [0.15, 0.2) is 53.3 Å². The summed E-state index contributed by atoms with van der Waals surface area (Å²) in [5.41, 5.74) is 3.67. The number of halogens is 1. The molecule has 2 heterocycles. The third-order valence-electron chi connectivity index (χ3n) is 5.52. The zero-order chi connectivity index (χ0) is 23.0. The first-order valence-corrected chi connectivity index (χ1v) is 10.4. The second kappa shape index (κ2) is 8.37. The lowest BCUT2D eigenvalue weighted by Crippen LogP contribution is -2.35. The van der Waals surface area contributed by atoms with Crippen molar-refractivity contribution >= 4 is 22.5 Å². The molecule has 2 aromatic heterocycles. The van der Waals surface area contributed by atoms with Crippen LogP contribution in [-0.4, -0.2) is 25.5 Å². The molecule has 8 heteroatoms. The highest BCUT2D eigenvalue weighted by atomic mass is 19.1. The van der Waals surface area contributed by atoms with Gasteiger partial charge in [-0.15, -0.1) is 0 Å². The van der Waals surface area contributed by atoms with Crippen LogP contribution in [0.1, 0.15) is 36.3 Å². The Labute approximate surface area is 184 Å². The monoisotopic (exact) mass is 433 g/mol. The van der Waals surface area contributed by atoms with Gasteiger partial charge in [0.05, 0.1) is 22.5 Å². The molecule has 0 bridgehead atoms. The Morgan fingerprint density at radius 1 is 1.03 bits per heavy atom. The molecule has 0 spiro atoms. The maximum Gasteiger partial charge on any atom is 0.295 e. The summed E-state index contributed by atoms with van der Waals surface area (Å²) in [5, 5.41) is 12.4. The molecule has 1 amide bonds. The van der Waals surface area contributed by atoms with Gasteiger partial charge in [0, 0.05) is 5.69 Å². The van der Waals surface area contributed by atoms with E-state index in [1.54, 1.807) is 18.5 Å². The van der Waals surface area contributed by atoms with Gasteiger partial charge >= 0.3 is 0 Å². The Hall–Kier alpha value is -3.81. The van der Waals surface area contributed by atoms with Crippen LogP contribution in [0.3, 0.4) is 0 Å². The molecule has 7 nitrogen and oxygen atoms in total. The van der Waals surface area contributed by atoms with Crippen molar-refractivity contribution in [1.82, 2.24) is 19.6 Å². The van der Waals surface area contributed by atoms with Crippen LogP contribution in [0.4, 0.5) is 10.1 Å². The molecule has 0 saturated carbocycles. The number of aryl methyl sites for hydroxylation is 3. The summed E-state index contributed by atoms with van der Waals surface area (Å²) < 4.78 is 16.1. The predicted molar refractivity (Wildman–Crippen MR) is 122 cm³/mol. The lowest BCUT2D eigenvalue weighted by Gasteiger charge is -2.17. The van der Waals surface area contributed by atoms with E-state index < -0.39 is 23.3 Å². The fourth-order valence-corrected chi connectivity index (χ4v) is 3.83. The molecule has 1 atom stereocenters. The molecule has 4 rings (SSSR count). The van der Waals surface area contributed by atoms with Gasteiger partial charge in [0.1, 0.15) is 11.9 Å². The minimum absolute atomic E-state index is 0.267.